The summed E-state index contributed by atoms with van der Waals surface area (Å²) in [6.45, 7) is 4.53. The minimum Gasteiger partial charge on any atom is -0.481 e. The lowest BCUT2D eigenvalue weighted by Gasteiger charge is -2.30. The molecule has 0 aromatic rings. The van der Waals surface area contributed by atoms with Crippen molar-refractivity contribution >= 4 is 5.97 Å². The number of rotatable bonds is 3. The van der Waals surface area contributed by atoms with E-state index in [4.69, 9.17) is 5.11 Å². The normalized spacial score (nSPS) is 39.7. The summed E-state index contributed by atoms with van der Waals surface area (Å²) in [6.07, 6.45) is 7.17. The lowest BCUT2D eigenvalue weighted by atomic mass is 9.75. The quantitative estimate of drug-likeness (QED) is 0.776. The van der Waals surface area contributed by atoms with E-state index in [1.807, 2.05) is 0 Å². The number of hydrogen-bond donors (Lipinski definition) is 1. The second-order valence-electron chi connectivity index (χ2n) is 6.05. The Morgan fingerprint density at radius 1 is 1.47 bits per heavy atom. The average molecular weight is 210 g/mol. The molecule has 2 fully saturated rings. The summed E-state index contributed by atoms with van der Waals surface area (Å²) in [5.74, 6) is 0.989. The van der Waals surface area contributed by atoms with Crippen LogP contribution in [0, 0.1) is 23.2 Å². The van der Waals surface area contributed by atoms with Crippen LogP contribution in [0.3, 0.4) is 0 Å². The average Bonchev–Trinajstić information content (AvgIpc) is 2.78. The van der Waals surface area contributed by atoms with Gasteiger partial charge in [0.25, 0.3) is 0 Å². The highest BCUT2D eigenvalue weighted by molar-refractivity contribution is 5.74. The largest absolute Gasteiger partial charge is 0.481 e. The molecule has 0 bridgehead atoms. The number of carboxylic acids is 1. The number of aliphatic carboxylic acids is 1. The van der Waals surface area contributed by atoms with E-state index in [-0.39, 0.29) is 11.3 Å². The van der Waals surface area contributed by atoms with Crippen molar-refractivity contribution in [2.75, 3.05) is 0 Å². The minimum absolute atomic E-state index is 0.00698. The summed E-state index contributed by atoms with van der Waals surface area (Å²) in [6, 6.07) is 0. The molecule has 1 spiro atoms. The monoisotopic (exact) mass is 210 g/mol. The van der Waals surface area contributed by atoms with Crippen molar-refractivity contribution in [2.24, 2.45) is 23.2 Å². The lowest BCUT2D eigenvalue weighted by molar-refractivity contribution is -0.139. The molecule has 86 valence electrons. The van der Waals surface area contributed by atoms with Gasteiger partial charge in [-0.05, 0) is 42.9 Å². The van der Waals surface area contributed by atoms with Crippen molar-refractivity contribution in [3.8, 4) is 0 Å². The number of hydrogen-bond acceptors (Lipinski definition) is 1. The highest BCUT2D eigenvalue weighted by Gasteiger charge is 2.59. The van der Waals surface area contributed by atoms with Crippen molar-refractivity contribution in [3.05, 3.63) is 0 Å². The van der Waals surface area contributed by atoms with Gasteiger partial charge < -0.3 is 5.11 Å². The maximum Gasteiger partial charge on any atom is 0.307 e. The Hall–Kier alpha value is -0.530. The second-order valence-corrected chi connectivity index (χ2v) is 6.05. The van der Waals surface area contributed by atoms with Crippen molar-refractivity contribution in [1.29, 1.82) is 0 Å². The SMILES string of the molecule is CC(C)CC1CCCC2(C1)CC2C(=O)O. The van der Waals surface area contributed by atoms with Gasteiger partial charge in [-0.1, -0.05) is 26.7 Å². The minimum atomic E-state index is -0.555. The fourth-order valence-electron chi connectivity index (χ4n) is 3.59. The van der Waals surface area contributed by atoms with Gasteiger partial charge in [-0.2, -0.15) is 0 Å². The first-order chi connectivity index (χ1) is 7.03. The van der Waals surface area contributed by atoms with Gasteiger partial charge in [-0.3, -0.25) is 4.79 Å². The Morgan fingerprint density at radius 2 is 2.20 bits per heavy atom. The van der Waals surface area contributed by atoms with E-state index in [2.05, 4.69) is 13.8 Å². The van der Waals surface area contributed by atoms with Crippen LogP contribution in [0.25, 0.3) is 0 Å². The van der Waals surface area contributed by atoms with Crippen molar-refractivity contribution in [1.82, 2.24) is 0 Å². The molecule has 2 heteroatoms. The summed E-state index contributed by atoms with van der Waals surface area (Å²) in [7, 11) is 0. The maximum atomic E-state index is 11.0. The molecule has 3 unspecified atom stereocenters. The molecule has 15 heavy (non-hydrogen) atoms. The van der Waals surface area contributed by atoms with Crippen LogP contribution in [-0.2, 0) is 4.79 Å². The summed E-state index contributed by atoms with van der Waals surface area (Å²) >= 11 is 0. The predicted octanol–water partition coefficient (Wildman–Crippen LogP) is 3.31. The van der Waals surface area contributed by atoms with Gasteiger partial charge in [-0.25, -0.2) is 0 Å². The molecular weight excluding hydrogens is 188 g/mol. The molecule has 2 saturated carbocycles. The Bertz CT molecular complexity index is 259. The van der Waals surface area contributed by atoms with Crippen LogP contribution in [-0.4, -0.2) is 11.1 Å². The molecular formula is C13H22O2. The van der Waals surface area contributed by atoms with Crippen LogP contribution < -0.4 is 0 Å². The van der Waals surface area contributed by atoms with Crippen LogP contribution in [0.2, 0.25) is 0 Å². The fourth-order valence-corrected chi connectivity index (χ4v) is 3.59. The Morgan fingerprint density at radius 3 is 2.73 bits per heavy atom. The first-order valence-corrected chi connectivity index (χ1v) is 6.26. The summed E-state index contributed by atoms with van der Waals surface area (Å²) in [5, 5.41) is 9.04. The maximum absolute atomic E-state index is 11.0. The van der Waals surface area contributed by atoms with Gasteiger partial charge >= 0.3 is 5.97 Å². The van der Waals surface area contributed by atoms with E-state index in [1.54, 1.807) is 0 Å². The Balaban J connectivity index is 1.91. The van der Waals surface area contributed by atoms with Crippen molar-refractivity contribution in [2.45, 2.75) is 52.4 Å². The molecule has 0 aromatic carbocycles. The molecule has 2 nitrogen and oxygen atoms in total. The molecule has 2 aliphatic carbocycles. The zero-order valence-corrected chi connectivity index (χ0v) is 9.83. The van der Waals surface area contributed by atoms with E-state index in [9.17, 15) is 4.79 Å². The van der Waals surface area contributed by atoms with Gasteiger partial charge in [0.05, 0.1) is 5.92 Å². The highest BCUT2D eigenvalue weighted by atomic mass is 16.4. The van der Waals surface area contributed by atoms with Gasteiger partial charge in [0, 0.05) is 0 Å². The summed E-state index contributed by atoms with van der Waals surface area (Å²) in [4.78, 5) is 11.0. The number of carbonyl (C=O) groups is 1. The molecule has 2 aliphatic rings. The smallest absolute Gasteiger partial charge is 0.307 e. The van der Waals surface area contributed by atoms with E-state index in [1.165, 1.54) is 32.1 Å². The number of carboxylic acid groups (broad SMARTS) is 1. The predicted molar refractivity (Wildman–Crippen MR) is 59.6 cm³/mol. The molecule has 0 saturated heterocycles. The van der Waals surface area contributed by atoms with Gasteiger partial charge in [0.15, 0.2) is 0 Å². The van der Waals surface area contributed by atoms with E-state index >= 15 is 0 Å². The molecule has 0 amide bonds. The van der Waals surface area contributed by atoms with Crippen LogP contribution in [0.15, 0.2) is 0 Å². The summed E-state index contributed by atoms with van der Waals surface area (Å²) < 4.78 is 0. The highest BCUT2D eigenvalue weighted by Crippen LogP contribution is 2.63. The lowest BCUT2D eigenvalue weighted by Crippen LogP contribution is -2.21. The first-order valence-electron chi connectivity index (χ1n) is 6.26. The molecule has 0 aliphatic heterocycles. The van der Waals surface area contributed by atoms with Gasteiger partial charge in [0.2, 0.25) is 0 Å². The zero-order chi connectivity index (χ0) is 11.1. The molecule has 0 aromatic heterocycles. The third kappa shape index (κ3) is 2.19. The van der Waals surface area contributed by atoms with Crippen LogP contribution >= 0.6 is 0 Å². The van der Waals surface area contributed by atoms with Gasteiger partial charge in [0.1, 0.15) is 0 Å². The standard InChI is InChI=1S/C13H22O2/c1-9(2)6-10-4-3-5-13(7-10)8-11(13)12(14)15/h9-11H,3-8H2,1-2H3,(H,14,15). The topological polar surface area (TPSA) is 37.3 Å². The second kappa shape index (κ2) is 3.80. The van der Waals surface area contributed by atoms with Gasteiger partial charge in [-0.15, -0.1) is 0 Å². The summed E-state index contributed by atoms with van der Waals surface area (Å²) in [5.41, 5.74) is 0.226. The van der Waals surface area contributed by atoms with E-state index < -0.39 is 5.97 Å². The Labute approximate surface area is 92.1 Å². The Kier molecular flexibility index (Phi) is 2.78. The molecule has 3 atom stereocenters. The van der Waals surface area contributed by atoms with Crippen LogP contribution in [0.5, 0.6) is 0 Å². The van der Waals surface area contributed by atoms with Crippen LogP contribution in [0.1, 0.15) is 52.4 Å². The molecule has 0 radical (unpaired) electrons. The molecule has 2 rings (SSSR count). The van der Waals surface area contributed by atoms with E-state index in [0.29, 0.717) is 0 Å². The van der Waals surface area contributed by atoms with Crippen LogP contribution in [0.4, 0.5) is 0 Å². The third-order valence-corrected chi connectivity index (χ3v) is 4.27. The van der Waals surface area contributed by atoms with E-state index in [0.717, 1.165) is 18.3 Å². The first kappa shape index (κ1) is 11.0. The molecule has 1 N–H and O–H groups in total. The van der Waals surface area contributed by atoms with Crippen molar-refractivity contribution in [3.63, 3.8) is 0 Å². The zero-order valence-electron chi connectivity index (χ0n) is 9.83. The third-order valence-electron chi connectivity index (χ3n) is 4.27. The fraction of sp³-hybridized carbons (Fsp3) is 0.923. The van der Waals surface area contributed by atoms with Crippen molar-refractivity contribution < 1.29 is 9.90 Å². The molecule has 0 heterocycles.